The zero-order chi connectivity index (χ0) is 24.9. The summed E-state index contributed by atoms with van der Waals surface area (Å²) < 4.78 is 32.6. The van der Waals surface area contributed by atoms with E-state index in [0.29, 0.717) is 16.8 Å². The maximum Gasteiger partial charge on any atom is 0.405 e. The van der Waals surface area contributed by atoms with Crippen LogP contribution in [0.15, 0.2) is 71.8 Å². The largest absolute Gasteiger partial charge is 0.436 e. The second-order valence-corrected chi connectivity index (χ2v) is 9.69. The van der Waals surface area contributed by atoms with Crippen LogP contribution in [0.25, 0.3) is 11.1 Å². The van der Waals surface area contributed by atoms with Crippen molar-refractivity contribution in [2.24, 2.45) is 11.7 Å². The van der Waals surface area contributed by atoms with Gasteiger partial charge >= 0.3 is 6.09 Å². The number of nitrogens with zero attached hydrogens (tertiary/aromatic N) is 1. The van der Waals surface area contributed by atoms with Gasteiger partial charge in [-0.3, -0.25) is 9.52 Å². The lowest BCUT2D eigenvalue weighted by Gasteiger charge is -2.19. The summed E-state index contributed by atoms with van der Waals surface area (Å²) in [7, 11) is -3.85. The molecule has 1 unspecified atom stereocenters. The van der Waals surface area contributed by atoms with Crippen LogP contribution >= 0.6 is 11.6 Å². The SMILES string of the molecule is CC(C)C(OC(N)=O)C(=O)Nc1ccc(-c2cnc(Cl)c(NS(=O)(=O)c3ccccc3)c2)cc1. The van der Waals surface area contributed by atoms with Gasteiger partial charge in [-0.2, -0.15) is 0 Å². The number of carbonyl (C=O) groups is 2. The second-order valence-electron chi connectivity index (χ2n) is 7.65. The maximum absolute atomic E-state index is 12.6. The fourth-order valence-corrected chi connectivity index (χ4v) is 4.34. The predicted molar refractivity (Wildman–Crippen MR) is 130 cm³/mol. The Morgan fingerprint density at radius 3 is 2.26 bits per heavy atom. The summed E-state index contributed by atoms with van der Waals surface area (Å²) >= 11 is 6.12. The molecule has 0 spiro atoms. The molecular weight excluding hydrogens is 480 g/mol. The third-order valence-corrected chi connectivity index (χ3v) is 6.41. The molecule has 1 aromatic heterocycles. The lowest BCUT2D eigenvalue weighted by atomic mass is 10.1. The van der Waals surface area contributed by atoms with E-state index in [0.717, 1.165) is 0 Å². The van der Waals surface area contributed by atoms with Gasteiger partial charge in [0.05, 0.1) is 10.6 Å². The molecule has 0 bridgehead atoms. The summed E-state index contributed by atoms with van der Waals surface area (Å²) in [6, 6.07) is 16.2. The minimum Gasteiger partial charge on any atom is -0.436 e. The van der Waals surface area contributed by atoms with Crippen molar-refractivity contribution in [3.05, 3.63) is 72.0 Å². The summed E-state index contributed by atoms with van der Waals surface area (Å²) in [5.41, 5.74) is 6.95. The van der Waals surface area contributed by atoms with E-state index in [9.17, 15) is 18.0 Å². The first kappa shape index (κ1) is 25.0. The van der Waals surface area contributed by atoms with Crippen LogP contribution in [0.1, 0.15) is 13.8 Å². The van der Waals surface area contributed by atoms with Crippen molar-refractivity contribution in [1.82, 2.24) is 4.98 Å². The molecule has 1 heterocycles. The summed E-state index contributed by atoms with van der Waals surface area (Å²) in [6.45, 7) is 3.46. The number of halogens is 1. The van der Waals surface area contributed by atoms with E-state index < -0.39 is 28.1 Å². The van der Waals surface area contributed by atoms with E-state index >= 15 is 0 Å². The minimum absolute atomic E-state index is 0.00122. The zero-order valence-corrected chi connectivity index (χ0v) is 19.9. The highest BCUT2D eigenvalue weighted by Gasteiger charge is 2.25. The topological polar surface area (TPSA) is 140 Å². The smallest absolute Gasteiger partial charge is 0.405 e. The van der Waals surface area contributed by atoms with Gasteiger partial charge < -0.3 is 15.8 Å². The highest BCUT2D eigenvalue weighted by atomic mass is 35.5. The Morgan fingerprint density at radius 2 is 1.68 bits per heavy atom. The molecule has 178 valence electrons. The highest BCUT2D eigenvalue weighted by molar-refractivity contribution is 7.92. The van der Waals surface area contributed by atoms with Crippen molar-refractivity contribution in [1.29, 1.82) is 0 Å². The Labute approximate surface area is 202 Å². The molecule has 1 atom stereocenters. The summed E-state index contributed by atoms with van der Waals surface area (Å²) in [5.74, 6) is -0.780. The number of pyridine rings is 1. The molecule has 9 nitrogen and oxygen atoms in total. The zero-order valence-electron chi connectivity index (χ0n) is 18.4. The van der Waals surface area contributed by atoms with Crippen molar-refractivity contribution in [3.63, 3.8) is 0 Å². The first-order valence-electron chi connectivity index (χ1n) is 10.2. The molecule has 0 saturated carbocycles. The van der Waals surface area contributed by atoms with Crippen molar-refractivity contribution in [3.8, 4) is 11.1 Å². The number of hydrogen-bond acceptors (Lipinski definition) is 6. The Morgan fingerprint density at radius 1 is 1.03 bits per heavy atom. The van der Waals surface area contributed by atoms with Gasteiger partial charge in [-0.15, -0.1) is 0 Å². The summed E-state index contributed by atoms with van der Waals surface area (Å²) in [5, 5.41) is 2.68. The highest BCUT2D eigenvalue weighted by Crippen LogP contribution is 2.29. The van der Waals surface area contributed by atoms with E-state index in [4.69, 9.17) is 22.1 Å². The van der Waals surface area contributed by atoms with Gasteiger partial charge in [0.25, 0.3) is 15.9 Å². The van der Waals surface area contributed by atoms with Crippen LogP contribution in [0.3, 0.4) is 0 Å². The van der Waals surface area contributed by atoms with E-state index in [1.165, 1.54) is 18.3 Å². The van der Waals surface area contributed by atoms with Gasteiger partial charge in [-0.1, -0.05) is 55.8 Å². The summed E-state index contributed by atoms with van der Waals surface area (Å²) in [4.78, 5) is 27.7. The summed E-state index contributed by atoms with van der Waals surface area (Å²) in [6.07, 6.45) is -0.554. The molecule has 3 rings (SSSR count). The fourth-order valence-electron chi connectivity index (χ4n) is 3.06. The van der Waals surface area contributed by atoms with Crippen molar-refractivity contribution < 1.29 is 22.7 Å². The normalized spacial score (nSPS) is 12.1. The van der Waals surface area contributed by atoms with Crippen molar-refractivity contribution in [2.45, 2.75) is 24.8 Å². The standard InChI is InChI=1S/C23H23ClN4O5S/c1-14(2)20(33-23(25)30)22(29)27-17-10-8-15(9-11-17)16-12-19(21(24)26-13-16)28-34(31,32)18-6-4-3-5-7-18/h3-14,20,28H,1-2H3,(H2,25,30)(H,27,29). The third-order valence-electron chi connectivity index (χ3n) is 4.73. The van der Waals surface area contributed by atoms with Crippen molar-refractivity contribution >= 4 is 45.0 Å². The molecule has 3 aromatic rings. The van der Waals surface area contributed by atoms with Gasteiger partial charge in [0, 0.05) is 17.4 Å². The van der Waals surface area contributed by atoms with Gasteiger partial charge in [0.1, 0.15) is 0 Å². The lowest BCUT2D eigenvalue weighted by molar-refractivity contribution is -0.126. The molecule has 4 N–H and O–H groups in total. The van der Waals surface area contributed by atoms with Gasteiger partial charge in [-0.25, -0.2) is 18.2 Å². The molecule has 0 aliphatic heterocycles. The van der Waals surface area contributed by atoms with Crippen LogP contribution in [0, 0.1) is 5.92 Å². The number of ether oxygens (including phenoxy) is 1. The Kier molecular flexibility index (Phi) is 7.75. The average molecular weight is 503 g/mol. The number of carbonyl (C=O) groups excluding carboxylic acids is 2. The van der Waals surface area contributed by atoms with E-state index in [2.05, 4.69) is 15.0 Å². The maximum atomic E-state index is 12.6. The quantitative estimate of drug-likeness (QED) is 0.393. The number of nitrogens with two attached hydrogens (primary N) is 1. The molecular formula is C23H23ClN4O5S. The second kappa shape index (κ2) is 10.5. The Balaban J connectivity index is 1.78. The van der Waals surface area contributed by atoms with Crippen LogP contribution < -0.4 is 15.8 Å². The van der Waals surface area contributed by atoms with Crippen LogP contribution in [-0.2, 0) is 19.6 Å². The number of amides is 2. The average Bonchev–Trinajstić information content (AvgIpc) is 2.79. The molecule has 0 radical (unpaired) electrons. The molecule has 0 aliphatic rings. The molecule has 2 aromatic carbocycles. The molecule has 2 amide bonds. The predicted octanol–water partition coefficient (Wildman–Crippen LogP) is 4.26. The van der Waals surface area contributed by atoms with Gasteiger partial charge in [0.2, 0.25) is 0 Å². The van der Waals surface area contributed by atoms with Crippen LogP contribution in [-0.4, -0.2) is 31.5 Å². The van der Waals surface area contributed by atoms with Crippen LogP contribution in [0.2, 0.25) is 5.15 Å². The van der Waals surface area contributed by atoms with Gasteiger partial charge in [-0.05, 0) is 41.8 Å². The number of rotatable bonds is 8. The number of sulfonamides is 1. The molecule has 0 saturated heterocycles. The first-order valence-corrected chi connectivity index (χ1v) is 12.0. The Hall–Kier alpha value is -3.63. The van der Waals surface area contributed by atoms with Gasteiger partial charge in [0.15, 0.2) is 11.3 Å². The number of benzene rings is 2. The van der Waals surface area contributed by atoms with E-state index in [-0.39, 0.29) is 21.7 Å². The minimum atomic E-state index is -3.85. The third kappa shape index (κ3) is 6.24. The lowest BCUT2D eigenvalue weighted by Crippen LogP contribution is -2.38. The van der Waals surface area contributed by atoms with Crippen molar-refractivity contribution in [2.75, 3.05) is 10.0 Å². The molecule has 0 fully saturated rings. The van der Waals surface area contributed by atoms with E-state index in [1.807, 2.05) is 0 Å². The number of primary amides is 1. The number of anilines is 2. The first-order chi connectivity index (χ1) is 16.1. The Bertz CT molecular complexity index is 1280. The monoisotopic (exact) mass is 502 g/mol. The molecule has 34 heavy (non-hydrogen) atoms. The van der Waals surface area contributed by atoms with Crippen LogP contribution in [0.4, 0.5) is 16.2 Å². The van der Waals surface area contributed by atoms with Crippen LogP contribution in [0.5, 0.6) is 0 Å². The number of hydrogen-bond donors (Lipinski definition) is 3. The molecule has 11 heteroatoms. The number of nitrogens with one attached hydrogen (secondary N) is 2. The molecule has 0 aliphatic carbocycles. The van der Waals surface area contributed by atoms with E-state index in [1.54, 1.807) is 62.4 Å². The number of aromatic nitrogens is 1. The fraction of sp³-hybridized carbons (Fsp3) is 0.174.